The van der Waals surface area contributed by atoms with Crippen LogP contribution < -0.4 is 4.74 Å². The largest absolute Gasteiger partial charge is 0.490 e. The van der Waals surface area contributed by atoms with Crippen molar-refractivity contribution in [2.24, 2.45) is 10.9 Å². The minimum absolute atomic E-state index is 0.00821. The molecule has 0 saturated heterocycles. The summed E-state index contributed by atoms with van der Waals surface area (Å²) in [5, 5.41) is 1.09. The summed E-state index contributed by atoms with van der Waals surface area (Å²) in [5.41, 5.74) is 1.65. The Morgan fingerprint density at radius 1 is 0.895 bits per heavy atom. The summed E-state index contributed by atoms with van der Waals surface area (Å²) in [5.74, 6) is -1.98. The Morgan fingerprint density at radius 2 is 1.61 bits per heavy atom. The summed E-state index contributed by atoms with van der Waals surface area (Å²) in [4.78, 5) is 9.64. The van der Waals surface area contributed by atoms with E-state index in [1.165, 1.54) is 25.5 Å². The van der Waals surface area contributed by atoms with Crippen LogP contribution >= 0.6 is 0 Å². The minimum atomic E-state index is -1.67. The number of benzene rings is 1. The lowest BCUT2D eigenvalue weighted by Gasteiger charge is -2.30. The van der Waals surface area contributed by atoms with Crippen LogP contribution in [0, 0.1) is 17.6 Å². The fourth-order valence-corrected chi connectivity index (χ4v) is 4.91. The summed E-state index contributed by atoms with van der Waals surface area (Å²) in [7, 11) is 0. The molecule has 0 amide bonds. The van der Waals surface area contributed by atoms with Gasteiger partial charge in [-0.05, 0) is 61.8 Å². The Labute approximate surface area is 226 Å². The molecule has 214 valence electrons. The number of fused-ring (bicyclic) bond motifs is 1. The van der Waals surface area contributed by atoms with E-state index in [9.17, 15) is 8.78 Å². The van der Waals surface area contributed by atoms with Crippen molar-refractivity contribution in [3.63, 3.8) is 0 Å². The number of rotatable bonds is 18. The number of alkyl halides is 1. The molecule has 2 unspecified atom stereocenters. The van der Waals surface area contributed by atoms with E-state index in [-0.39, 0.29) is 18.1 Å². The molecule has 0 bridgehead atoms. The zero-order valence-electron chi connectivity index (χ0n) is 23.2. The molecule has 38 heavy (non-hydrogen) atoms. The van der Waals surface area contributed by atoms with Gasteiger partial charge in [-0.25, -0.2) is 14.4 Å². The van der Waals surface area contributed by atoms with Crippen LogP contribution in [0.2, 0.25) is 0 Å². The lowest BCUT2D eigenvalue weighted by atomic mass is 9.80. The number of unbranched alkanes of at least 4 members (excludes halogenated alkanes) is 7. The smallest absolute Gasteiger partial charge is 0.288 e. The van der Waals surface area contributed by atoms with Gasteiger partial charge in [-0.2, -0.15) is 8.78 Å². The molecule has 0 N–H and O–H groups in total. The van der Waals surface area contributed by atoms with Gasteiger partial charge in [0.25, 0.3) is 6.42 Å². The zero-order valence-corrected chi connectivity index (χ0v) is 23.2. The van der Waals surface area contributed by atoms with E-state index in [0.29, 0.717) is 50.4 Å². The van der Waals surface area contributed by atoms with Gasteiger partial charge in [-0.15, -0.1) is 0 Å². The maximum atomic E-state index is 15.0. The van der Waals surface area contributed by atoms with E-state index in [4.69, 9.17) is 14.3 Å². The second kappa shape index (κ2) is 16.8. The Morgan fingerprint density at radius 3 is 2.39 bits per heavy atom. The molecule has 1 aromatic rings. The van der Waals surface area contributed by atoms with Crippen molar-refractivity contribution in [1.82, 2.24) is 5.06 Å². The normalized spacial score (nSPS) is 19.0. The Bertz CT molecular complexity index is 909. The number of allylic oxidation sites excluding steroid dienone is 1. The number of aliphatic imine (C=N–C) groups is 1. The lowest BCUT2D eigenvalue weighted by Crippen LogP contribution is -2.33. The van der Waals surface area contributed by atoms with Gasteiger partial charge in [0, 0.05) is 31.0 Å². The summed E-state index contributed by atoms with van der Waals surface area (Å²) in [6, 6.07) is 1.64. The van der Waals surface area contributed by atoms with E-state index < -0.39 is 18.1 Å². The van der Waals surface area contributed by atoms with E-state index >= 15 is 4.39 Å². The van der Waals surface area contributed by atoms with Crippen LogP contribution in [0.3, 0.4) is 0 Å². The molecule has 1 aliphatic carbocycles. The molecular weight excluding hydrogens is 493 g/mol. The van der Waals surface area contributed by atoms with Crippen molar-refractivity contribution in [3.8, 4) is 5.75 Å². The monoisotopic (exact) mass is 538 g/mol. The first-order chi connectivity index (χ1) is 18.5. The zero-order chi connectivity index (χ0) is 27.2. The van der Waals surface area contributed by atoms with Crippen molar-refractivity contribution < 1.29 is 27.5 Å². The third-order valence-corrected chi connectivity index (χ3v) is 7.18. The highest BCUT2D eigenvalue weighted by Gasteiger charge is 2.30. The maximum absolute atomic E-state index is 15.0. The quantitative estimate of drug-likeness (QED) is 0.141. The van der Waals surface area contributed by atoms with Gasteiger partial charge in [0.1, 0.15) is 0 Å². The van der Waals surface area contributed by atoms with Crippen molar-refractivity contribution in [3.05, 3.63) is 41.1 Å². The first-order valence-electron chi connectivity index (χ1n) is 14.6. The lowest BCUT2D eigenvalue weighted by molar-refractivity contribution is -0.182. The van der Waals surface area contributed by atoms with Crippen LogP contribution in [0.5, 0.6) is 5.75 Å². The number of halogens is 3. The molecule has 2 aliphatic rings. The van der Waals surface area contributed by atoms with E-state index in [1.807, 2.05) is 0 Å². The van der Waals surface area contributed by atoms with E-state index in [1.54, 1.807) is 12.1 Å². The highest BCUT2D eigenvalue weighted by Crippen LogP contribution is 2.35. The first-order valence-corrected chi connectivity index (χ1v) is 14.6. The second-order valence-corrected chi connectivity index (χ2v) is 10.2. The second-order valence-electron chi connectivity index (χ2n) is 10.2. The van der Waals surface area contributed by atoms with Crippen molar-refractivity contribution in [2.45, 2.75) is 104 Å². The van der Waals surface area contributed by atoms with Crippen LogP contribution in [0.1, 0.15) is 95.6 Å². The highest BCUT2D eigenvalue weighted by atomic mass is 19.2. The topological polar surface area (TPSA) is 43.3 Å². The van der Waals surface area contributed by atoms with Crippen LogP contribution in [0.4, 0.5) is 13.2 Å². The van der Waals surface area contributed by atoms with Crippen molar-refractivity contribution in [1.29, 1.82) is 0 Å². The summed E-state index contributed by atoms with van der Waals surface area (Å²) in [6.07, 6.45) is 13.7. The predicted octanol–water partition coefficient (Wildman–Crippen LogP) is 7.86. The Balaban J connectivity index is 1.45. The van der Waals surface area contributed by atoms with Crippen LogP contribution in [-0.4, -0.2) is 43.6 Å². The molecule has 5 nitrogen and oxygen atoms in total. The molecule has 0 aromatic heterocycles. The van der Waals surface area contributed by atoms with Crippen molar-refractivity contribution in [2.75, 3.05) is 26.4 Å². The third kappa shape index (κ3) is 9.30. The molecule has 2 atom stereocenters. The molecule has 8 heteroatoms. The Kier molecular flexibility index (Phi) is 13.5. The fourth-order valence-electron chi connectivity index (χ4n) is 4.91. The molecular formula is C30H45F3N2O3. The number of hydrogen-bond acceptors (Lipinski definition) is 5. The van der Waals surface area contributed by atoms with Crippen LogP contribution in [-0.2, 0) is 22.4 Å². The molecule has 1 aromatic carbocycles. The van der Waals surface area contributed by atoms with E-state index in [2.05, 4.69) is 18.8 Å². The van der Waals surface area contributed by atoms with Crippen molar-refractivity contribution >= 4 is 5.71 Å². The SMILES string of the molecule is CCCCCCCCOc1cc2c(c(F)c1F)CC(C1=NC(F)N(OCCCOCCCCC)C=C1)CC2. The maximum Gasteiger partial charge on any atom is 0.288 e. The summed E-state index contributed by atoms with van der Waals surface area (Å²) >= 11 is 0. The van der Waals surface area contributed by atoms with Gasteiger partial charge in [0.2, 0.25) is 5.82 Å². The molecule has 0 saturated carbocycles. The average molecular weight is 539 g/mol. The standard InChI is InChI=1S/C30H45F3N2O3/c1-3-5-7-8-9-11-19-37-27-22-23-13-14-24(21-25(23)28(31)29(27)32)26-15-16-35(30(33)34-26)38-20-12-18-36-17-10-6-4-2/h15-16,22,24,30H,3-14,17-21H2,1-2H3. The first kappa shape index (κ1) is 30.5. The fraction of sp³-hybridized carbons (Fsp3) is 0.700. The van der Waals surface area contributed by atoms with Gasteiger partial charge in [-0.1, -0.05) is 58.8 Å². The minimum Gasteiger partial charge on any atom is -0.490 e. The average Bonchev–Trinajstić information content (AvgIpc) is 2.92. The number of hydroxylamine groups is 2. The molecule has 0 radical (unpaired) electrons. The van der Waals surface area contributed by atoms with Gasteiger partial charge >= 0.3 is 0 Å². The van der Waals surface area contributed by atoms with Gasteiger partial charge < -0.3 is 9.47 Å². The van der Waals surface area contributed by atoms with Gasteiger partial charge in [0.05, 0.1) is 13.2 Å². The number of hydrogen-bond donors (Lipinski definition) is 0. The van der Waals surface area contributed by atoms with E-state index in [0.717, 1.165) is 55.8 Å². The van der Waals surface area contributed by atoms with Crippen LogP contribution in [0.25, 0.3) is 0 Å². The number of nitrogens with zero attached hydrogens (tertiary/aromatic N) is 2. The summed E-state index contributed by atoms with van der Waals surface area (Å²) in [6.45, 7) is 6.34. The predicted molar refractivity (Wildman–Crippen MR) is 145 cm³/mol. The Hall–Kier alpha value is -2.06. The van der Waals surface area contributed by atoms with Gasteiger partial charge in [0.15, 0.2) is 11.6 Å². The molecule has 1 heterocycles. The molecule has 0 spiro atoms. The highest BCUT2D eigenvalue weighted by molar-refractivity contribution is 5.97. The molecule has 3 rings (SSSR count). The van der Waals surface area contributed by atoms with Crippen LogP contribution in [0.15, 0.2) is 23.3 Å². The summed E-state index contributed by atoms with van der Waals surface area (Å²) < 4.78 is 55.6. The third-order valence-electron chi connectivity index (χ3n) is 7.18. The number of aryl methyl sites for hydroxylation is 1. The number of ether oxygens (including phenoxy) is 2. The molecule has 0 fully saturated rings. The van der Waals surface area contributed by atoms with Gasteiger partial charge in [-0.3, -0.25) is 4.84 Å². The molecule has 1 aliphatic heterocycles.